The van der Waals surface area contributed by atoms with E-state index < -0.39 is 6.04 Å². The molecular weight excluding hydrogens is 382 g/mol. The van der Waals surface area contributed by atoms with Gasteiger partial charge in [-0.15, -0.1) is 21.5 Å². The van der Waals surface area contributed by atoms with Crippen molar-refractivity contribution in [1.82, 2.24) is 20.1 Å². The summed E-state index contributed by atoms with van der Waals surface area (Å²) >= 11 is 7.74. The van der Waals surface area contributed by atoms with Crippen LogP contribution in [-0.4, -0.2) is 33.4 Å². The molecule has 0 saturated carbocycles. The number of aliphatic imine (C=N–C) groups is 1. The largest absolute Gasteiger partial charge is 0.359 e. The molecule has 6 nitrogen and oxygen atoms in total. The Balaban J connectivity index is 1.96. The van der Waals surface area contributed by atoms with Crippen LogP contribution in [0, 0.1) is 13.8 Å². The zero-order valence-electron chi connectivity index (χ0n) is 15.2. The number of amides is 1. The van der Waals surface area contributed by atoms with Gasteiger partial charge in [-0.1, -0.05) is 23.7 Å². The lowest BCUT2D eigenvalue weighted by atomic mass is 10.0. The van der Waals surface area contributed by atoms with Gasteiger partial charge in [-0.2, -0.15) is 0 Å². The van der Waals surface area contributed by atoms with Gasteiger partial charge in [0.15, 0.2) is 5.82 Å². The first-order chi connectivity index (χ1) is 13.0. The van der Waals surface area contributed by atoms with E-state index in [4.69, 9.17) is 16.6 Å². The Morgan fingerprint density at radius 2 is 2.00 bits per heavy atom. The highest BCUT2D eigenvalue weighted by atomic mass is 35.5. The number of fused-ring (bicyclic) bond motifs is 3. The van der Waals surface area contributed by atoms with Gasteiger partial charge in [-0.05, 0) is 32.0 Å². The van der Waals surface area contributed by atoms with Crippen LogP contribution in [0.15, 0.2) is 35.3 Å². The predicted molar refractivity (Wildman–Crippen MR) is 107 cm³/mol. The Bertz CT molecular complexity index is 1050. The zero-order chi connectivity index (χ0) is 19.1. The standard InChI is InChI=1S/C19H18ClN5OS/c1-10-8-14-17(12-4-6-13(20)7-5-12)22-15(9-16(26)21-3)18-24-23-11(2)25(18)19(14)27-10/h4-8,15H,9H2,1-3H3,(H,21,26)/t15-/m0/s1. The Kier molecular flexibility index (Phi) is 4.57. The van der Waals surface area contributed by atoms with E-state index in [1.807, 2.05) is 35.8 Å². The molecule has 0 bridgehead atoms. The summed E-state index contributed by atoms with van der Waals surface area (Å²) in [6.07, 6.45) is 0.208. The van der Waals surface area contributed by atoms with Crippen LogP contribution in [-0.2, 0) is 4.79 Å². The number of rotatable bonds is 3. The fourth-order valence-corrected chi connectivity index (χ4v) is 4.41. The lowest BCUT2D eigenvalue weighted by Crippen LogP contribution is -2.21. The molecule has 3 heterocycles. The molecule has 0 unspecified atom stereocenters. The molecule has 1 aliphatic heterocycles. The van der Waals surface area contributed by atoms with Crippen LogP contribution >= 0.6 is 22.9 Å². The molecule has 138 valence electrons. The summed E-state index contributed by atoms with van der Waals surface area (Å²) in [6.45, 7) is 3.99. The van der Waals surface area contributed by atoms with E-state index in [9.17, 15) is 4.79 Å². The van der Waals surface area contributed by atoms with Gasteiger partial charge in [-0.25, -0.2) is 0 Å². The number of thiophene rings is 1. The van der Waals surface area contributed by atoms with Crippen LogP contribution in [0.25, 0.3) is 5.00 Å². The molecule has 1 amide bonds. The topological polar surface area (TPSA) is 72.2 Å². The summed E-state index contributed by atoms with van der Waals surface area (Å²) in [6, 6.07) is 9.31. The van der Waals surface area contributed by atoms with E-state index in [2.05, 4.69) is 28.5 Å². The fourth-order valence-electron chi connectivity index (χ4n) is 3.22. The summed E-state index contributed by atoms with van der Waals surface area (Å²) in [7, 11) is 1.62. The predicted octanol–water partition coefficient (Wildman–Crippen LogP) is 3.63. The first-order valence-electron chi connectivity index (χ1n) is 8.55. The van der Waals surface area contributed by atoms with E-state index in [0.29, 0.717) is 10.8 Å². The minimum atomic E-state index is -0.420. The number of aromatic nitrogens is 3. The van der Waals surface area contributed by atoms with Crippen molar-refractivity contribution in [2.24, 2.45) is 4.99 Å². The monoisotopic (exact) mass is 399 g/mol. The van der Waals surface area contributed by atoms with Crippen LogP contribution in [0.1, 0.15) is 40.1 Å². The number of halogens is 1. The van der Waals surface area contributed by atoms with Crippen molar-refractivity contribution in [3.63, 3.8) is 0 Å². The molecule has 1 aromatic carbocycles. The molecule has 0 saturated heterocycles. The Morgan fingerprint density at radius 1 is 1.26 bits per heavy atom. The van der Waals surface area contributed by atoms with Crippen molar-refractivity contribution >= 4 is 34.6 Å². The Morgan fingerprint density at radius 3 is 2.70 bits per heavy atom. The molecule has 1 atom stereocenters. The van der Waals surface area contributed by atoms with E-state index in [1.54, 1.807) is 18.4 Å². The average molecular weight is 400 g/mol. The summed E-state index contributed by atoms with van der Waals surface area (Å²) in [5, 5.41) is 13.0. The lowest BCUT2D eigenvalue weighted by Gasteiger charge is -2.11. The van der Waals surface area contributed by atoms with Gasteiger partial charge in [0.2, 0.25) is 5.91 Å². The quantitative estimate of drug-likeness (QED) is 0.731. The van der Waals surface area contributed by atoms with Crippen molar-refractivity contribution in [2.45, 2.75) is 26.3 Å². The maximum Gasteiger partial charge on any atom is 0.222 e. The van der Waals surface area contributed by atoms with Gasteiger partial charge in [0, 0.05) is 28.1 Å². The van der Waals surface area contributed by atoms with Crippen molar-refractivity contribution in [2.75, 3.05) is 7.05 Å². The van der Waals surface area contributed by atoms with E-state index in [0.717, 1.165) is 27.7 Å². The summed E-state index contributed by atoms with van der Waals surface area (Å²) in [5.74, 6) is 1.37. The molecule has 1 aliphatic rings. The van der Waals surface area contributed by atoms with Gasteiger partial charge >= 0.3 is 0 Å². The highest BCUT2D eigenvalue weighted by Crippen LogP contribution is 2.37. The minimum Gasteiger partial charge on any atom is -0.359 e. The molecular formula is C19H18ClN5OS. The summed E-state index contributed by atoms with van der Waals surface area (Å²) < 4.78 is 2.02. The van der Waals surface area contributed by atoms with Crippen LogP contribution in [0.2, 0.25) is 5.02 Å². The van der Waals surface area contributed by atoms with Gasteiger partial charge in [-0.3, -0.25) is 14.4 Å². The number of carbonyl (C=O) groups is 1. The number of hydrogen-bond donors (Lipinski definition) is 1. The smallest absolute Gasteiger partial charge is 0.222 e. The van der Waals surface area contributed by atoms with Crippen molar-refractivity contribution in [1.29, 1.82) is 0 Å². The number of hydrogen-bond acceptors (Lipinski definition) is 5. The van der Waals surface area contributed by atoms with Crippen molar-refractivity contribution in [3.05, 3.63) is 63.0 Å². The van der Waals surface area contributed by atoms with Gasteiger partial charge in [0.05, 0.1) is 12.1 Å². The fraction of sp³-hybridized carbons (Fsp3) is 0.263. The maximum absolute atomic E-state index is 12.1. The number of nitrogens with zero attached hydrogens (tertiary/aromatic N) is 4. The minimum absolute atomic E-state index is 0.0900. The molecule has 0 aliphatic carbocycles. The van der Waals surface area contributed by atoms with Crippen LogP contribution in [0.5, 0.6) is 0 Å². The SMILES string of the molecule is CNC(=O)C[C@@H]1N=C(c2ccc(Cl)cc2)c2cc(C)sc2-n2c(C)nnc21. The molecule has 8 heteroatoms. The highest BCUT2D eigenvalue weighted by molar-refractivity contribution is 7.15. The number of aryl methyl sites for hydroxylation is 2. The average Bonchev–Trinajstić information content (AvgIpc) is 3.18. The van der Waals surface area contributed by atoms with Gasteiger partial charge in [0.1, 0.15) is 16.9 Å². The normalized spacial score (nSPS) is 15.6. The van der Waals surface area contributed by atoms with Crippen LogP contribution in [0.3, 0.4) is 0 Å². The second kappa shape index (κ2) is 6.90. The molecule has 0 fully saturated rings. The second-order valence-electron chi connectivity index (χ2n) is 6.39. The zero-order valence-corrected chi connectivity index (χ0v) is 16.7. The number of benzene rings is 1. The molecule has 1 N–H and O–H groups in total. The second-order valence-corrected chi connectivity index (χ2v) is 8.07. The van der Waals surface area contributed by atoms with E-state index >= 15 is 0 Å². The molecule has 4 rings (SSSR count). The summed E-state index contributed by atoms with van der Waals surface area (Å²) in [4.78, 5) is 18.2. The third kappa shape index (κ3) is 3.17. The third-order valence-electron chi connectivity index (χ3n) is 4.50. The molecule has 2 aromatic heterocycles. The Hall–Kier alpha value is -2.51. The first kappa shape index (κ1) is 17.9. The van der Waals surface area contributed by atoms with E-state index in [1.165, 1.54) is 4.88 Å². The third-order valence-corrected chi connectivity index (χ3v) is 5.79. The summed E-state index contributed by atoms with van der Waals surface area (Å²) in [5.41, 5.74) is 2.81. The molecule has 0 radical (unpaired) electrons. The molecule has 0 spiro atoms. The van der Waals surface area contributed by atoms with Crippen molar-refractivity contribution in [3.8, 4) is 5.00 Å². The number of carbonyl (C=O) groups excluding carboxylic acids is 1. The Labute approximate surface area is 165 Å². The lowest BCUT2D eigenvalue weighted by molar-refractivity contribution is -0.121. The van der Waals surface area contributed by atoms with Gasteiger partial charge < -0.3 is 5.32 Å². The first-order valence-corrected chi connectivity index (χ1v) is 9.74. The maximum atomic E-state index is 12.1. The number of nitrogens with one attached hydrogen (secondary N) is 1. The van der Waals surface area contributed by atoms with Crippen LogP contribution < -0.4 is 5.32 Å². The van der Waals surface area contributed by atoms with Crippen LogP contribution in [0.4, 0.5) is 0 Å². The van der Waals surface area contributed by atoms with Gasteiger partial charge in [0.25, 0.3) is 0 Å². The van der Waals surface area contributed by atoms with E-state index in [-0.39, 0.29) is 12.3 Å². The highest BCUT2D eigenvalue weighted by Gasteiger charge is 2.30. The molecule has 3 aromatic rings. The molecule has 27 heavy (non-hydrogen) atoms. The van der Waals surface area contributed by atoms with Crippen molar-refractivity contribution < 1.29 is 4.79 Å².